The maximum Gasteiger partial charge on any atom is 0.126 e. The van der Waals surface area contributed by atoms with Crippen molar-refractivity contribution in [3.05, 3.63) is 66.0 Å². The lowest BCUT2D eigenvalue weighted by molar-refractivity contribution is 1.01. The molecule has 1 N–H and O–H groups in total. The van der Waals surface area contributed by atoms with Crippen LogP contribution in [-0.4, -0.2) is 16.5 Å². The van der Waals surface area contributed by atoms with Gasteiger partial charge in [-0.2, -0.15) is 0 Å². The first-order chi connectivity index (χ1) is 9.83. The maximum absolute atomic E-state index is 4.48. The van der Waals surface area contributed by atoms with Gasteiger partial charge in [-0.3, -0.25) is 4.98 Å². The van der Waals surface area contributed by atoms with Crippen LogP contribution in [0.2, 0.25) is 0 Å². The molecule has 0 fully saturated rings. The third kappa shape index (κ3) is 2.77. The predicted molar refractivity (Wildman–Crippen MR) is 82.9 cm³/mol. The molecule has 2 heterocycles. The molecule has 0 bridgehead atoms. The highest BCUT2D eigenvalue weighted by atomic mass is 15.0. The van der Waals surface area contributed by atoms with Crippen molar-refractivity contribution in [2.45, 2.75) is 13.3 Å². The van der Waals surface area contributed by atoms with Crippen molar-refractivity contribution in [3.63, 3.8) is 0 Å². The van der Waals surface area contributed by atoms with Gasteiger partial charge in [0.2, 0.25) is 0 Å². The SMILES string of the molecule is Cc1ccnc(NCCc2cccc3cccnc23)c1. The zero-order valence-electron chi connectivity index (χ0n) is 11.5. The highest BCUT2D eigenvalue weighted by Crippen LogP contribution is 2.16. The molecule has 1 aromatic carbocycles. The summed E-state index contributed by atoms with van der Waals surface area (Å²) in [5.41, 5.74) is 3.58. The number of para-hydroxylation sites is 1. The van der Waals surface area contributed by atoms with E-state index in [1.54, 1.807) is 0 Å². The fourth-order valence-corrected chi connectivity index (χ4v) is 2.33. The Balaban J connectivity index is 1.71. The lowest BCUT2D eigenvalue weighted by Crippen LogP contribution is -2.06. The van der Waals surface area contributed by atoms with E-state index in [1.165, 1.54) is 16.5 Å². The molecule has 3 aromatic rings. The number of pyridine rings is 2. The molecule has 2 aromatic heterocycles. The standard InChI is InChI=1S/C17H17N3/c1-13-7-10-18-16(12-13)19-11-8-15-5-2-4-14-6-3-9-20-17(14)15/h2-7,9-10,12H,8,11H2,1H3,(H,18,19). The number of nitrogens with one attached hydrogen (secondary N) is 1. The molecule has 0 saturated heterocycles. The maximum atomic E-state index is 4.48. The summed E-state index contributed by atoms with van der Waals surface area (Å²) in [5.74, 6) is 0.929. The van der Waals surface area contributed by atoms with Crippen LogP contribution in [0, 0.1) is 6.92 Å². The second-order valence-electron chi connectivity index (χ2n) is 4.89. The fourth-order valence-electron chi connectivity index (χ4n) is 2.33. The zero-order chi connectivity index (χ0) is 13.8. The summed E-state index contributed by atoms with van der Waals surface area (Å²) in [6.07, 6.45) is 4.61. The van der Waals surface area contributed by atoms with Crippen molar-refractivity contribution in [2.24, 2.45) is 0 Å². The van der Waals surface area contributed by atoms with Gasteiger partial charge < -0.3 is 5.32 Å². The van der Waals surface area contributed by atoms with Crippen molar-refractivity contribution in [3.8, 4) is 0 Å². The van der Waals surface area contributed by atoms with Gasteiger partial charge in [0.05, 0.1) is 5.52 Å². The third-order valence-electron chi connectivity index (χ3n) is 3.33. The average molecular weight is 263 g/mol. The smallest absolute Gasteiger partial charge is 0.126 e. The van der Waals surface area contributed by atoms with Crippen molar-refractivity contribution < 1.29 is 0 Å². The minimum Gasteiger partial charge on any atom is -0.370 e. The molecule has 3 rings (SSSR count). The number of aryl methyl sites for hydroxylation is 1. The molecule has 3 nitrogen and oxygen atoms in total. The van der Waals surface area contributed by atoms with Crippen molar-refractivity contribution >= 4 is 16.7 Å². The molecule has 0 aliphatic carbocycles. The van der Waals surface area contributed by atoms with E-state index in [0.29, 0.717) is 0 Å². The van der Waals surface area contributed by atoms with E-state index < -0.39 is 0 Å². The molecule has 0 saturated carbocycles. The lowest BCUT2D eigenvalue weighted by atomic mass is 10.1. The molecule has 20 heavy (non-hydrogen) atoms. The monoisotopic (exact) mass is 263 g/mol. The number of benzene rings is 1. The Hall–Kier alpha value is -2.42. The van der Waals surface area contributed by atoms with E-state index >= 15 is 0 Å². The van der Waals surface area contributed by atoms with Crippen LogP contribution >= 0.6 is 0 Å². The van der Waals surface area contributed by atoms with Crippen LogP contribution in [0.3, 0.4) is 0 Å². The Morgan fingerprint density at radius 1 is 1.00 bits per heavy atom. The van der Waals surface area contributed by atoms with Gasteiger partial charge in [-0.25, -0.2) is 4.98 Å². The van der Waals surface area contributed by atoms with Crippen molar-refractivity contribution in [2.75, 3.05) is 11.9 Å². The van der Waals surface area contributed by atoms with E-state index in [0.717, 1.165) is 24.3 Å². The van der Waals surface area contributed by atoms with Gasteiger partial charge in [0.1, 0.15) is 5.82 Å². The first-order valence-electron chi connectivity index (χ1n) is 6.82. The Bertz CT molecular complexity index is 717. The van der Waals surface area contributed by atoms with E-state index in [9.17, 15) is 0 Å². The van der Waals surface area contributed by atoms with Gasteiger partial charge >= 0.3 is 0 Å². The average Bonchev–Trinajstić information content (AvgIpc) is 2.48. The number of hydrogen-bond acceptors (Lipinski definition) is 3. The molecule has 0 aliphatic rings. The molecule has 0 atom stereocenters. The van der Waals surface area contributed by atoms with Crippen LogP contribution in [0.5, 0.6) is 0 Å². The van der Waals surface area contributed by atoms with Crippen LogP contribution in [-0.2, 0) is 6.42 Å². The Labute approximate surface area is 118 Å². The Morgan fingerprint density at radius 2 is 1.90 bits per heavy atom. The summed E-state index contributed by atoms with van der Waals surface area (Å²) in [5, 5.41) is 4.55. The van der Waals surface area contributed by atoms with Gasteiger partial charge in [-0.15, -0.1) is 0 Å². The largest absolute Gasteiger partial charge is 0.370 e. The number of fused-ring (bicyclic) bond motifs is 1. The van der Waals surface area contributed by atoms with Crippen molar-refractivity contribution in [1.82, 2.24) is 9.97 Å². The van der Waals surface area contributed by atoms with E-state index in [4.69, 9.17) is 0 Å². The normalized spacial score (nSPS) is 10.7. The fraction of sp³-hybridized carbons (Fsp3) is 0.176. The molecule has 0 spiro atoms. The predicted octanol–water partition coefficient (Wildman–Crippen LogP) is 3.59. The molecule has 0 aliphatic heterocycles. The number of hydrogen-bond donors (Lipinski definition) is 1. The minimum atomic E-state index is 0.853. The quantitative estimate of drug-likeness (QED) is 0.781. The van der Waals surface area contributed by atoms with Crippen LogP contribution in [0.25, 0.3) is 10.9 Å². The molecular formula is C17H17N3. The van der Waals surface area contributed by atoms with Crippen LogP contribution < -0.4 is 5.32 Å². The molecule has 0 unspecified atom stereocenters. The Morgan fingerprint density at radius 3 is 2.80 bits per heavy atom. The number of nitrogens with zero attached hydrogens (tertiary/aromatic N) is 2. The summed E-state index contributed by atoms with van der Waals surface area (Å²) in [6.45, 7) is 2.92. The summed E-state index contributed by atoms with van der Waals surface area (Å²) in [7, 11) is 0. The second kappa shape index (κ2) is 5.70. The number of aromatic nitrogens is 2. The lowest BCUT2D eigenvalue weighted by Gasteiger charge is -2.08. The van der Waals surface area contributed by atoms with Gasteiger partial charge in [-0.1, -0.05) is 24.3 Å². The first-order valence-corrected chi connectivity index (χ1v) is 6.82. The highest BCUT2D eigenvalue weighted by molar-refractivity contribution is 5.81. The summed E-state index contributed by atoms with van der Waals surface area (Å²) >= 11 is 0. The first kappa shape index (κ1) is 12.6. The second-order valence-corrected chi connectivity index (χ2v) is 4.89. The van der Waals surface area contributed by atoms with Gasteiger partial charge in [-0.05, 0) is 42.7 Å². The molecule has 100 valence electrons. The molecule has 0 radical (unpaired) electrons. The van der Waals surface area contributed by atoms with E-state index in [2.05, 4.69) is 52.5 Å². The Kier molecular flexibility index (Phi) is 3.59. The van der Waals surface area contributed by atoms with Crippen LogP contribution in [0.4, 0.5) is 5.82 Å². The number of anilines is 1. The van der Waals surface area contributed by atoms with Gasteiger partial charge in [0.15, 0.2) is 0 Å². The summed E-state index contributed by atoms with van der Waals surface area (Å²) in [6, 6.07) is 14.5. The molecular weight excluding hydrogens is 246 g/mol. The highest BCUT2D eigenvalue weighted by Gasteiger charge is 2.01. The van der Waals surface area contributed by atoms with Gasteiger partial charge in [0.25, 0.3) is 0 Å². The van der Waals surface area contributed by atoms with E-state index in [1.807, 2.05) is 24.5 Å². The summed E-state index contributed by atoms with van der Waals surface area (Å²) < 4.78 is 0. The van der Waals surface area contributed by atoms with Crippen LogP contribution in [0.1, 0.15) is 11.1 Å². The number of rotatable bonds is 4. The van der Waals surface area contributed by atoms with Crippen molar-refractivity contribution in [1.29, 1.82) is 0 Å². The van der Waals surface area contributed by atoms with E-state index in [-0.39, 0.29) is 0 Å². The minimum absolute atomic E-state index is 0.853. The topological polar surface area (TPSA) is 37.8 Å². The van der Waals surface area contributed by atoms with Gasteiger partial charge in [0, 0.05) is 24.3 Å². The zero-order valence-corrected chi connectivity index (χ0v) is 11.5. The summed E-state index contributed by atoms with van der Waals surface area (Å²) in [4.78, 5) is 8.78. The third-order valence-corrected chi connectivity index (χ3v) is 3.33. The molecule has 3 heteroatoms. The molecule has 0 amide bonds. The van der Waals surface area contributed by atoms with Crippen LogP contribution in [0.15, 0.2) is 54.9 Å².